The van der Waals surface area contributed by atoms with E-state index in [0.29, 0.717) is 111 Å². The van der Waals surface area contributed by atoms with Gasteiger partial charge in [0.25, 0.3) is 0 Å². The van der Waals surface area contributed by atoms with Crippen molar-refractivity contribution in [2.24, 2.45) is 58.3 Å². The number of halogens is 10. The zero-order valence-corrected chi connectivity index (χ0v) is 80.6. The lowest BCUT2D eigenvalue weighted by Gasteiger charge is -2.26. The number of benzene rings is 5. The van der Waals surface area contributed by atoms with Gasteiger partial charge in [0.15, 0.2) is 0 Å². The van der Waals surface area contributed by atoms with Crippen LogP contribution in [0.25, 0.3) is 0 Å². The highest BCUT2D eigenvalue weighted by Crippen LogP contribution is 2.35. The molecular formula is C90H110BrCl4F5N30O10. The third-order valence-corrected chi connectivity index (χ3v) is 25.7. The quantitative estimate of drug-likeness (QED) is 0.00996. The predicted molar refractivity (Wildman–Crippen MR) is 532 cm³/mol. The van der Waals surface area contributed by atoms with E-state index in [1.165, 1.54) is 48.8 Å². The van der Waals surface area contributed by atoms with E-state index in [4.69, 9.17) is 75.1 Å². The Hall–Kier alpha value is -12.4. The first-order chi connectivity index (χ1) is 67.1. The lowest BCUT2D eigenvalue weighted by molar-refractivity contribution is -0.384. The van der Waals surface area contributed by atoms with Crippen LogP contribution in [0.2, 0.25) is 20.1 Å². The fourth-order valence-corrected chi connectivity index (χ4v) is 17.4. The van der Waals surface area contributed by atoms with Crippen molar-refractivity contribution in [2.45, 2.75) is 191 Å². The first-order valence-corrected chi connectivity index (χ1v) is 47.8. The van der Waals surface area contributed by atoms with Crippen molar-refractivity contribution in [1.82, 2.24) is 49.8 Å². The molecule has 0 atom stereocenters. The number of aromatic nitrogens is 10. The topological polar surface area (TPSA) is 595 Å². The summed E-state index contributed by atoms with van der Waals surface area (Å²) < 4.78 is 68.1. The van der Waals surface area contributed by atoms with Gasteiger partial charge in [-0.3, -0.25) is 50.6 Å². The molecule has 40 nitrogen and oxygen atoms in total. The Bertz CT molecular complexity index is 5330. The minimum Gasteiger partial charge on any atom is -0.364 e. The van der Waals surface area contributed by atoms with Gasteiger partial charge in [0.05, 0.1) is 24.6 Å². The summed E-state index contributed by atoms with van der Waals surface area (Å²) >= 11 is 27.0. The van der Waals surface area contributed by atoms with Gasteiger partial charge in [-0.2, -0.15) is 24.9 Å². The Labute approximate surface area is 830 Å². The molecule has 750 valence electrons. The van der Waals surface area contributed by atoms with Gasteiger partial charge in [0, 0.05) is 137 Å². The zero-order chi connectivity index (χ0) is 100. The van der Waals surface area contributed by atoms with Crippen molar-refractivity contribution >= 4 is 150 Å². The van der Waals surface area contributed by atoms with E-state index in [1.807, 2.05) is 0 Å². The average Bonchev–Trinajstić information content (AvgIpc) is 0.854. The number of hydrogen-bond donors (Lipinski definition) is 15. The van der Waals surface area contributed by atoms with Crippen molar-refractivity contribution in [2.75, 3.05) is 85.9 Å². The Morgan fingerprint density at radius 2 is 0.564 bits per heavy atom. The smallest absolute Gasteiger partial charge is 0.329 e. The largest absolute Gasteiger partial charge is 0.364 e. The summed E-state index contributed by atoms with van der Waals surface area (Å²) in [5.41, 5.74) is 31.4. The number of nitro groups is 5. The SMILES string of the molecule is NC1CCC(CNc2nc(NCc3cc(Cl)cc(Cl)c3)ncc2[N+](=O)[O-])CC1.NC1CCC(CNc2nc(NCc3cc(F)cc(F)c3)ncc2[N+](=O)[O-])CC1.NC1CCC(CNc2nc(NCc3ccc(Br)cc3F)ncc2[N+](=O)[O-])CC1.NC1CCC(CNc2nc(NCc3ccc(Cl)cc3F)ncc2[N+](=O)[O-])CC1.NC1CCC(CNc2nc(NCc3ccc(F)cc3Cl)ncc2[N+](=O)[O-])CC1. The Morgan fingerprint density at radius 3 is 0.843 bits per heavy atom. The van der Waals surface area contributed by atoms with Gasteiger partial charge in [-0.05, 0) is 241 Å². The molecule has 0 amide bonds. The summed E-state index contributed by atoms with van der Waals surface area (Å²) in [6.07, 6.45) is 25.2. The molecule has 140 heavy (non-hydrogen) atoms. The number of nitrogens with two attached hydrogens (primary N) is 5. The van der Waals surface area contributed by atoms with Crippen LogP contribution in [0.3, 0.4) is 0 Å². The zero-order valence-electron chi connectivity index (χ0n) is 76.0. The highest BCUT2D eigenvalue weighted by molar-refractivity contribution is 9.10. The summed E-state index contributed by atoms with van der Waals surface area (Å²) in [5, 5.41) is 88.1. The first-order valence-electron chi connectivity index (χ1n) is 45.5. The minimum absolute atomic E-state index is 0.0758. The van der Waals surface area contributed by atoms with E-state index in [-0.39, 0.29) is 154 Å². The van der Waals surface area contributed by atoms with Gasteiger partial charge in [-0.1, -0.05) is 80.5 Å². The molecule has 5 aliphatic rings. The summed E-state index contributed by atoms with van der Waals surface area (Å²) in [6.45, 7) is 3.95. The molecule has 20 N–H and O–H groups in total. The van der Waals surface area contributed by atoms with Crippen molar-refractivity contribution in [3.63, 3.8) is 0 Å². The van der Waals surface area contributed by atoms with Crippen LogP contribution in [0.15, 0.2) is 126 Å². The summed E-state index contributed by atoms with van der Waals surface area (Å²) in [7, 11) is 0. The fraction of sp³-hybridized carbons (Fsp3) is 0.444. The number of nitrogens with zero attached hydrogens (tertiary/aromatic N) is 15. The van der Waals surface area contributed by atoms with E-state index >= 15 is 0 Å². The van der Waals surface area contributed by atoms with E-state index in [1.54, 1.807) is 48.5 Å². The molecule has 50 heteroatoms. The molecule has 5 aliphatic carbocycles. The molecule has 5 aromatic heterocycles. The van der Waals surface area contributed by atoms with Gasteiger partial charge in [0.1, 0.15) is 60.1 Å². The lowest BCUT2D eigenvalue weighted by atomic mass is 9.86. The molecule has 0 saturated heterocycles. The van der Waals surface area contributed by atoms with Crippen LogP contribution in [0.1, 0.15) is 156 Å². The number of hydrogen-bond acceptors (Lipinski definition) is 35. The third kappa shape index (κ3) is 35.1. The van der Waals surface area contributed by atoms with Crippen LogP contribution < -0.4 is 81.8 Å². The molecule has 0 spiro atoms. The maximum atomic E-state index is 13.9. The monoisotopic (exact) mass is 2080 g/mol. The van der Waals surface area contributed by atoms with Crippen LogP contribution in [-0.4, -0.2) is 137 Å². The van der Waals surface area contributed by atoms with E-state index in [9.17, 15) is 72.5 Å². The summed E-state index contributed by atoms with van der Waals surface area (Å²) in [4.78, 5) is 94.8. The van der Waals surface area contributed by atoms with Crippen molar-refractivity contribution in [3.8, 4) is 0 Å². The van der Waals surface area contributed by atoms with E-state index < -0.39 is 47.9 Å². The van der Waals surface area contributed by atoms with Crippen LogP contribution in [0.5, 0.6) is 0 Å². The molecule has 5 fully saturated rings. The normalized spacial score (nSPS) is 19.2. The first kappa shape index (κ1) is 108. The van der Waals surface area contributed by atoms with Gasteiger partial charge in [0.2, 0.25) is 58.8 Å². The Balaban J connectivity index is 0.000000167. The second-order valence-corrected chi connectivity index (χ2v) is 37.4. The summed E-state index contributed by atoms with van der Waals surface area (Å²) in [6, 6.07) is 22.8. The average molecular weight is 2090 g/mol. The van der Waals surface area contributed by atoms with Crippen molar-refractivity contribution < 1.29 is 46.6 Å². The summed E-state index contributed by atoms with van der Waals surface area (Å²) in [5.74, 6) is 1.22. The van der Waals surface area contributed by atoms with E-state index in [0.717, 1.165) is 159 Å². The molecule has 5 heterocycles. The molecular weight excluding hydrogens is 1980 g/mol. The standard InChI is InChI=1S/C18H22BrFN6O2.C18H22Cl2N6O2.2C18H22ClFN6O2.C18H22F2N6O2/c19-13-4-3-12(15(20)7-13)9-23-18-24-10-16(26(27)28)17(25-18)22-8-11-1-5-14(21)6-2-11;19-13-5-12(6-14(20)7-13)9-23-18-24-10-16(26(27)28)17(25-18)22-8-11-1-3-15(21)4-2-11;19-15-7-13(20)4-3-12(15)9-23-18-24-10-16(26(27)28)17(25-18)22-8-11-1-5-14(21)6-2-11;19-13-4-3-12(15(20)7-13)9-23-18-24-10-16(26(27)28)17(25-18)22-8-11-1-5-14(21)6-2-11;19-13-5-12(6-14(20)7-13)9-23-18-24-10-16(26(27)28)17(25-18)22-8-11-1-3-15(21)4-2-11/h3-4,7,10-11,14H,1-2,5-6,8-9,21H2,(H2,22,23,24,25);5-7,10-11,15H,1-4,8-9,21H2,(H2,22,23,24,25);2*3-4,7,10-11,14H,1-2,5-6,8-9,21H2,(H2,22,23,24,25);5-7,10-11,15H,1-4,8-9,21H2,(H2,22,23,24,25). The highest BCUT2D eigenvalue weighted by atomic mass is 79.9. The third-order valence-electron chi connectivity index (χ3n) is 24.2. The van der Waals surface area contributed by atoms with Crippen molar-refractivity contribution in [3.05, 3.63) is 254 Å². The minimum atomic E-state index is -0.684. The second-order valence-electron chi connectivity index (χ2n) is 34.8. The van der Waals surface area contributed by atoms with Crippen LogP contribution in [0.4, 0.5) is 109 Å². The van der Waals surface area contributed by atoms with Gasteiger partial charge < -0.3 is 81.8 Å². The maximum Gasteiger partial charge on any atom is 0.329 e. The molecule has 0 radical (unpaired) electrons. The number of rotatable bonds is 35. The van der Waals surface area contributed by atoms with Crippen LogP contribution in [0, 0.1) is 109 Å². The second kappa shape index (κ2) is 53.8. The maximum absolute atomic E-state index is 13.9. The van der Waals surface area contributed by atoms with Gasteiger partial charge in [-0.25, -0.2) is 46.9 Å². The molecule has 5 saturated carbocycles. The Kier molecular flexibility index (Phi) is 41.5. The highest BCUT2D eigenvalue weighted by Gasteiger charge is 2.30. The van der Waals surface area contributed by atoms with Gasteiger partial charge >= 0.3 is 28.4 Å². The lowest BCUT2D eigenvalue weighted by Crippen LogP contribution is -2.29. The number of anilines is 10. The molecule has 5 aromatic carbocycles. The van der Waals surface area contributed by atoms with E-state index in [2.05, 4.69) is 119 Å². The van der Waals surface area contributed by atoms with Crippen molar-refractivity contribution in [1.29, 1.82) is 0 Å². The molecule has 0 aliphatic heterocycles. The molecule has 10 aromatic rings. The fourth-order valence-electron chi connectivity index (χ4n) is 16.1. The van der Waals surface area contributed by atoms with Crippen LogP contribution in [-0.2, 0) is 32.7 Å². The Morgan fingerprint density at radius 1 is 0.300 bits per heavy atom. The molecule has 15 rings (SSSR count). The number of nitrogens with one attached hydrogen (secondary N) is 10. The van der Waals surface area contributed by atoms with Gasteiger partial charge in [-0.15, -0.1) is 0 Å². The predicted octanol–water partition coefficient (Wildman–Crippen LogP) is 18.7. The molecule has 0 unspecified atom stereocenters. The molecule has 0 bridgehead atoms. The van der Waals surface area contributed by atoms with Crippen LogP contribution >= 0.6 is 62.3 Å².